The van der Waals surface area contributed by atoms with Crippen molar-refractivity contribution < 1.29 is 18.7 Å². The molecule has 0 unspecified atom stereocenters. The van der Waals surface area contributed by atoms with Crippen molar-refractivity contribution >= 4 is 5.91 Å². The summed E-state index contributed by atoms with van der Waals surface area (Å²) in [6.45, 7) is 3.46. The van der Waals surface area contributed by atoms with E-state index < -0.39 is 5.41 Å². The molecule has 0 aromatic heterocycles. The number of amides is 1. The number of carbonyl (C=O) groups is 1. The number of rotatable bonds is 4. The standard InChI is InChI=1S/C23H26FNO3/c1-16-13-18-14-17(7-8-21(18)28-16)15-25(2)22(26)23(9-11-27-12-10-23)19-5-3-4-6-20(19)24/h3-8,14,16H,9-13,15H2,1-2H3/t16-/m1/s1. The molecule has 148 valence electrons. The molecule has 2 aliphatic heterocycles. The van der Waals surface area contributed by atoms with E-state index in [0.717, 1.165) is 17.7 Å². The van der Waals surface area contributed by atoms with E-state index in [4.69, 9.17) is 9.47 Å². The molecule has 1 atom stereocenters. The zero-order valence-corrected chi connectivity index (χ0v) is 16.4. The minimum atomic E-state index is -0.868. The van der Waals surface area contributed by atoms with Crippen LogP contribution in [0.3, 0.4) is 0 Å². The molecule has 0 radical (unpaired) electrons. The third-order valence-corrected chi connectivity index (χ3v) is 5.87. The molecule has 1 amide bonds. The molecule has 1 saturated heterocycles. The molecular formula is C23H26FNO3. The predicted molar refractivity (Wildman–Crippen MR) is 105 cm³/mol. The Labute approximate surface area is 165 Å². The van der Waals surface area contributed by atoms with Gasteiger partial charge in [0.15, 0.2) is 0 Å². The van der Waals surface area contributed by atoms with Crippen LogP contribution in [0.4, 0.5) is 4.39 Å². The number of hydrogen-bond donors (Lipinski definition) is 0. The molecule has 5 heteroatoms. The van der Waals surface area contributed by atoms with Crippen LogP contribution in [0.1, 0.15) is 36.5 Å². The van der Waals surface area contributed by atoms with Crippen molar-refractivity contribution in [2.24, 2.45) is 0 Å². The molecule has 2 aromatic rings. The lowest BCUT2D eigenvalue weighted by Gasteiger charge is -2.39. The minimum Gasteiger partial charge on any atom is -0.490 e. The first-order valence-electron chi connectivity index (χ1n) is 9.86. The summed E-state index contributed by atoms with van der Waals surface area (Å²) in [5, 5.41) is 0. The van der Waals surface area contributed by atoms with Crippen molar-refractivity contribution in [2.75, 3.05) is 20.3 Å². The van der Waals surface area contributed by atoms with Gasteiger partial charge in [-0.05, 0) is 43.0 Å². The summed E-state index contributed by atoms with van der Waals surface area (Å²) >= 11 is 0. The van der Waals surface area contributed by atoms with Crippen LogP contribution < -0.4 is 4.74 Å². The van der Waals surface area contributed by atoms with E-state index in [2.05, 4.69) is 13.0 Å². The van der Waals surface area contributed by atoms with Crippen molar-refractivity contribution in [3.8, 4) is 5.75 Å². The van der Waals surface area contributed by atoms with Gasteiger partial charge >= 0.3 is 0 Å². The lowest BCUT2D eigenvalue weighted by Crippen LogP contribution is -2.48. The van der Waals surface area contributed by atoms with Gasteiger partial charge in [0.2, 0.25) is 5.91 Å². The SMILES string of the molecule is C[C@@H]1Cc2cc(CN(C)C(=O)C3(c4ccccc4F)CCOCC3)ccc2O1. The lowest BCUT2D eigenvalue weighted by atomic mass is 9.72. The fraction of sp³-hybridized carbons (Fsp3) is 0.435. The Hall–Kier alpha value is -2.40. The molecule has 0 bridgehead atoms. The van der Waals surface area contributed by atoms with Crippen LogP contribution in [0.15, 0.2) is 42.5 Å². The highest BCUT2D eigenvalue weighted by atomic mass is 19.1. The molecular weight excluding hydrogens is 357 g/mol. The van der Waals surface area contributed by atoms with Crippen LogP contribution in [-0.4, -0.2) is 37.2 Å². The van der Waals surface area contributed by atoms with Gasteiger partial charge in [-0.15, -0.1) is 0 Å². The highest BCUT2D eigenvalue weighted by Gasteiger charge is 2.44. The second-order valence-electron chi connectivity index (χ2n) is 7.91. The largest absolute Gasteiger partial charge is 0.490 e. The number of benzene rings is 2. The average Bonchev–Trinajstić information content (AvgIpc) is 3.07. The molecule has 2 aromatic carbocycles. The molecule has 2 heterocycles. The van der Waals surface area contributed by atoms with E-state index in [0.29, 0.717) is 38.2 Å². The van der Waals surface area contributed by atoms with Crippen LogP contribution in [0, 0.1) is 5.82 Å². The summed E-state index contributed by atoms with van der Waals surface area (Å²) < 4.78 is 25.9. The lowest BCUT2D eigenvalue weighted by molar-refractivity contribution is -0.140. The second-order valence-corrected chi connectivity index (χ2v) is 7.91. The Morgan fingerprint density at radius 3 is 2.71 bits per heavy atom. The molecule has 0 aliphatic carbocycles. The maximum atomic E-state index is 14.6. The Morgan fingerprint density at radius 1 is 1.21 bits per heavy atom. The second kappa shape index (κ2) is 7.55. The van der Waals surface area contributed by atoms with Gasteiger partial charge in [0, 0.05) is 38.8 Å². The number of likely N-dealkylation sites (N-methyl/N-ethyl adjacent to an activating group) is 1. The summed E-state index contributed by atoms with van der Waals surface area (Å²) in [6.07, 6.45) is 2.06. The first-order valence-corrected chi connectivity index (χ1v) is 9.86. The normalized spacial score (nSPS) is 20.3. The fourth-order valence-corrected chi connectivity index (χ4v) is 4.45. The van der Waals surface area contributed by atoms with Crippen LogP contribution in [0.5, 0.6) is 5.75 Å². The minimum absolute atomic E-state index is 0.0500. The van der Waals surface area contributed by atoms with Crippen LogP contribution in [0.2, 0.25) is 0 Å². The highest BCUT2D eigenvalue weighted by molar-refractivity contribution is 5.88. The van der Waals surface area contributed by atoms with E-state index in [1.807, 2.05) is 12.1 Å². The van der Waals surface area contributed by atoms with E-state index in [-0.39, 0.29) is 17.8 Å². The zero-order chi connectivity index (χ0) is 19.7. The number of nitrogens with zero attached hydrogens (tertiary/aromatic N) is 1. The molecule has 0 saturated carbocycles. The van der Waals surface area contributed by atoms with Crippen molar-refractivity contribution in [2.45, 2.75) is 44.2 Å². The zero-order valence-electron chi connectivity index (χ0n) is 16.4. The summed E-state index contributed by atoms with van der Waals surface area (Å²) in [7, 11) is 1.80. The molecule has 4 nitrogen and oxygen atoms in total. The van der Waals surface area contributed by atoms with Crippen LogP contribution in [0.25, 0.3) is 0 Å². The van der Waals surface area contributed by atoms with E-state index in [1.54, 1.807) is 30.1 Å². The van der Waals surface area contributed by atoms with Gasteiger partial charge in [-0.25, -0.2) is 4.39 Å². The van der Waals surface area contributed by atoms with Gasteiger partial charge in [0.1, 0.15) is 17.7 Å². The Bertz CT molecular complexity index is 876. The number of ether oxygens (including phenoxy) is 2. The average molecular weight is 383 g/mol. The summed E-state index contributed by atoms with van der Waals surface area (Å²) in [5.74, 6) is 0.554. The predicted octanol–water partition coefficient (Wildman–Crippen LogP) is 3.86. The number of halogens is 1. The van der Waals surface area contributed by atoms with Crippen LogP contribution in [-0.2, 0) is 27.9 Å². The van der Waals surface area contributed by atoms with Crippen molar-refractivity contribution in [1.29, 1.82) is 0 Å². The van der Waals surface area contributed by atoms with E-state index in [1.165, 1.54) is 11.6 Å². The molecule has 2 aliphatic rings. The number of fused-ring (bicyclic) bond motifs is 1. The van der Waals surface area contributed by atoms with Gasteiger partial charge in [-0.3, -0.25) is 4.79 Å². The van der Waals surface area contributed by atoms with Crippen molar-refractivity contribution in [3.63, 3.8) is 0 Å². The van der Waals surface area contributed by atoms with Crippen LogP contribution >= 0.6 is 0 Å². The molecule has 1 fully saturated rings. The molecule has 0 spiro atoms. The number of carbonyl (C=O) groups excluding carboxylic acids is 1. The molecule has 0 N–H and O–H groups in total. The maximum absolute atomic E-state index is 14.6. The Balaban J connectivity index is 1.59. The number of hydrogen-bond acceptors (Lipinski definition) is 3. The van der Waals surface area contributed by atoms with Gasteiger partial charge < -0.3 is 14.4 Å². The van der Waals surface area contributed by atoms with Gasteiger partial charge in [0.05, 0.1) is 5.41 Å². The first kappa shape index (κ1) is 18.9. The maximum Gasteiger partial charge on any atom is 0.233 e. The van der Waals surface area contributed by atoms with Gasteiger partial charge in [0.25, 0.3) is 0 Å². The Morgan fingerprint density at radius 2 is 1.96 bits per heavy atom. The summed E-state index contributed by atoms with van der Waals surface area (Å²) in [6, 6.07) is 12.7. The van der Waals surface area contributed by atoms with E-state index >= 15 is 0 Å². The first-order chi connectivity index (χ1) is 13.5. The fourth-order valence-electron chi connectivity index (χ4n) is 4.45. The summed E-state index contributed by atoms with van der Waals surface area (Å²) in [4.78, 5) is 15.3. The highest BCUT2D eigenvalue weighted by Crippen LogP contribution is 2.38. The molecule has 28 heavy (non-hydrogen) atoms. The third kappa shape index (κ3) is 3.39. The molecule has 4 rings (SSSR count). The quantitative estimate of drug-likeness (QED) is 0.805. The monoisotopic (exact) mass is 383 g/mol. The van der Waals surface area contributed by atoms with Crippen molar-refractivity contribution in [1.82, 2.24) is 4.90 Å². The van der Waals surface area contributed by atoms with Gasteiger partial charge in [-0.2, -0.15) is 0 Å². The Kier molecular flexibility index (Phi) is 5.11. The topological polar surface area (TPSA) is 38.8 Å². The smallest absolute Gasteiger partial charge is 0.233 e. The van der Waals surface area contributed by atoms with Gasteiger partial charge in [-0.1, -0.05) is 30.3 Å². The van der Waals surface area contributed by atoms with Crippen molar-refractivity contribution in [3.05, 3.63) is 65.0 Å². The van der Waals surface area contributed by atoms with E-state index in [9.17, 15) is 9.18 Å². The summed E-state index contributed by atoms with van der Waals surface area (Å²) in [5.41, 5.74) is 1.85. The third-order valence-electron chi connectivity index (χ3n) is 5.87.